The highest BCUT2D eigenvalue weighted by molar-refractivity contribution is 5.66. The first-order valence-electron chi connectivity index (χ1n) is 13.4. The summed E-state index contributed by atoms with van der Waals surface area (Å²) < 4.78 is 0. The average Bonchev–Trinajstić information content (AvgIpc) is 3.41. The third-order valence-electron chi connectivity index (χ3n) is 17.2. The molecule has 0 aromatic rings. The van der Waals surface area contributed by atoms with Crippen molar-refractivity contribution in [3.63, 3.8) is 0 Å². The standard InChI is InChI=1S/C28H34/c1-3-17-5-19(17)7-21(19)9-23(21)11-25(23)13-27(25)15-28(27)14-26(28)12-24(26)10-22(24)8-20(22)6-18(20)4-16(18)2/h16-17H,3-15H2,1-2H3. The lowest BCUT2D eigenvalue weighted by Crippen LogP contribution is -1.97. The van der Waals surface area contributed by atoms with E-state index in [2.05, 4.69) is 13.8 Å². The molecule has 0 heteroatoms. The molecular weight excluding hydrogens is 336 g/mol. The summed E-state index contributed by atoms with van der Waals surface area (Å²) in [4.78, 5) is 0. The highest BCUT2D eigenvalue weighted by Crippen LogP contribution is 3.25. The Kier molecular flexibility index (Phi) is 1.21. The van der Waals surface area contributed by atoms with Gasteiger partial charge in [0, 0.05) is 0 Å². The lowest BCUT2D eigenvalue weighted by molar-refractivity contribution is 0.458. The molecule has 0 aromatic heterocycles. The van der Waals surface area contributed by atoms with Crippen LogP contribution in [0.4, 0.5) is 0 Å². The molecule has 28 heavy (non-hydrogen) atoms. The summed E-state index contributed by atoms with van der Waals surface area (Å²) in [6.07, 6.45) is 22.0. The van der Waals surface area contributed by atoms with Gasteiger partial charge in [-0.3, -0.25) is 0 Å². The molecule has 0 nitrogen and oxygen atoms in total. The van der Waals surface area contributed by atoms with Crippen LogP contribution in [0.25, 0.3) is 0 Å². The Hall–Kier alpha value is 0. The van der Waals surface area contributed by atoms with E-state index in [0.717, 1.165) is 65.5 Å². The van der Waals surface area contributed by atoms with Crippen molar-refractivity contribution in [2.75, 3.05) is 0 Å². The van der Waals surface area contributed by atoms with Gasteiger partial charge in [0.05, 0.1) is 0 Å². The third-order valence-corrected chi connectivity index (χ3v) is 17.2. The summed E-state index contributed by atoms with van der Waals surface area (Å²) in [6.45, 7) is 5.05. The van der Waals surface area contributed by atoms with Gasteiger partial charge in [0.15, 0.2) is 0 Å². The zero-order chi connectivity index (χ0) is 17.8. The lowest BCUT2D eigenvalue weighted by Gasteiger charge is -1.99. The first kappa shape index (κ1) is 13.4. The number of rotatable bonds is 1. The van der Waals surface area contributed by atoms with Crippen LogP contribution >= 0.6 is 0 Å². The average molecular weight is 371 g/mol. The van der Waals surface area contributed by atoms with Gasteiger partial charge in [-0.05, 0) is 148 Å². The van der Waals surface area contributed by atoms with E-state index in [9.17, 15) is 0 Å². The van der Waals surface area contributed by atoms with E-state index >= 15 is 0 Å². The van der Waals surface area contributed by atoms with E-state index in [1.54, 1.807) is 77.0 Å². The minimum absolute atomic E-state index is 0.936. The second-order valence-electron chi connectivity index (χ2n) is 16.2. The molecule has 0 amide bonds. The highest BCUT2D eigenvalue weighted by atomic mass is 15.2. The van der Waals surface area contributed by atoms with Crippen molar-refractivity contribution in [1.82, 2.24) is 0 Å². The minimum Gasteiger partial charge on any atom is -0.0651 e. The zero-order valence-electron chi connectivity index (χ0n) is 17.8. The van der Waals surface area contributed by atoms with E-state index in [1.807, 2.05) is 0 Å². The second kappa shape index (κ2) is 2.53. The molecule has 0 aromatic carbocycles. The summed E-state index contributed by atoms with van der Waals surface area (Å²) in [7, 11) is 0. The predicted molar refractivity (Wildman–Crippen MR) is 105 cm³/mol. The van der Waals surface area contributed by atoms with Crippen molar-refractivity contribution in [1.29, 1.82) is 0 Å². The van der Waals surface area contributed by atoms with Gasteiger partial charge >= 0.3 is 0 Å². The SMILES string of the molecule is CCC1CC12CC21CC12CC21CC12CC21CC12CC21CC12CC21CC12CC2C. The molecule has 0 saturated heterocycles. The molecule has 146 valence electrons. The summed E-state index contributed by atoms with van der Waals surface area (Å²) in [5, 5.41) is 0. The van der Waals surface area contributed by atoms with E-state index < -0.39 is 0 Å². The van der Waals surface area contributed by atoms with Crippen molar-refractivity contribution < 1.29 is 0 Å². The fourth-order valence-corrected chi connectivity index (χ4v) is 15.7. The molecule has 0 aliphatic heterocycles. The molecule has 0 heterocycles. The van der Waals surface area contributed by atoms with Gasteiger partial charge in [0.2, 0.25) is 0 Å². The van der Waals surface area contributed by atoms with Crippen LogP contribution in [-0.4, -0.2) is 0 Å². The number of hydrogen-bond donors (Lipinski definition) is 0. The van der Waals surface area contributed by atoms with Crippen LogP contribution in [0.1, 0.15) is 97.3 Å². The van der Waals surface area contributed by atoms with Gasteiger partial charge in [-0.1, -0.05) is 20.3 Å². The summed E-state index contributed by atoms with van der Waals surface area (Å²) in [5.41, 5.74) is 10.6. The Balaban J connectivity index is 0.870. The Morgan fingerprint density at radius 3 is 1.21 bits per heavy atom. The van der Waals surface area contributed by atoms with Crippen molar-refractivity contribution in [2.24, 2.45) is 71.4 Å². The largest absolute Gasteiger partial charge is 0.0651 e. The molecule has 13 atom stereocenters. The third kappa shape index (κ3) is 0.722. The fraction of sp³-hybridized carbons (Fsp3) is 1.00. The zero-order valence-corrected chi connectivity index (χ0v) is 17.8. The molecule has 11 spiro atoms. The molecule has 12 saturated carbocycles. The Morgan fingerprint density at radius 1 is 0.500 bits per heavy atom. The van der Waals surface area contributed by atoms with Crippen molar-refractivity contribution >= 4 is 0 Å². The molecule has 13 unspecified atom stereocenters. The van der Waals surface area contributed by atoms with Crippen LogP contribution in [-0.2, 0) is 0 Å². The maximum Gasteiger partial charge on any atom is -0.0161 e. The van der Waals surface area contributed by atoms with Gasteiger partial charge in [-0.25, -0.2) is 0 Å². The normalized spacial score (nSPS) is 94.1. The van der Waals surface area contributed by atoms with Crippen molar-refractivity contribution in [3.05, 3.63) is 0 Å². The Bertz CT molecular complexity index is 1090. The number of fused-ring (bicyclic) bond motifs is 10. The van der Waals surface area contributed by atoms with E-state index in [0.29, 0.717) is 0 Å². The smallest absolute Gasteiger partial charge is 0.0161 e. The van der Waals surface area contributed by atoms with Gasteiger partial charge in [0.1, 0.15) is 0 Å². The maximum atomic E-state index is 2.58. The quantitative estimate of drug-likeness (QED) is 0.505. The first-order chi connectivity index (χ1) is 13.4. The van der Waals surface area contributed by atoms with Crippen LogP contribution in [0.15, 0.2) is 0 Å². The predicted octanol–water partition coefficient (Wildman–Crippen LogP) is 6.34. The molecule has 12 fully saturated rings. The molecule has 12 aliphatic rings. The summed E-state index contributed by atoms with van der Waals surface area (Å²) in [5.74, 6) is 2.28. The van der Waals surface area contributed by atoms with Crippen molar-refractivity contribution in [3.8, 4) is 0 Å². The minimum atomic E-state index is 0.936. The monoisotopic (exact) mass is 370 g/mol. The molecular formula is C28H34. The van der Waals surface area contributed by atoms with Crippen LogP contribution < -0.4 is 0 Å². The summed E-state index contributed by atoms with van der Waals surface area (Å²) >= 11 is 0. The van der Waals surface area contributed by atoms with E-state index in [1.165, 1.54) is 12.3 Å². The topological polar surface area (TPSA) is 0 Å². The summed E-state index contributed by atoms with van der Waals surface area (Å²) in [6, 6.07) is 0. The van der Waals surface area contributed by atoms with E-state index in [-0.39, 0.29) is 0 Å². The molecule has 0 radical (unpaired) electrons. The van der Waals surface area contributed by atoms with Gasteiger partial charge in [0.25, 0.3) is 0 Å². The van der Waals surface area contributed by atoms with Gasteiger partial charge in [-0.2, -0.15) is 0 Å². The Labute approximate surface area is 169 Å². The molecule has 12 aliphatic carbocycles. The first-order valence-corrected chi connectivity index (χ1v) is 13.4. The molecule has 12 rings (SSSR count). The van der Waals surface area contributed by atoms with E-state index in [4.69, 9.17) is 0 Å². The molecule has 0 N–H and O–H groups in total. The second-order valence-corrected chi connectivity index (χ2v) is 16.2. The maximum absolute atomic E-state index is 2.58. The van der Waals surface area contributed by atoms with Crippen LogP contribution in [0.5, 0.6) is 0 Å². The lowest BCUT2D eigenvalue weighted by atomic mass is 10.0. The van der Waals surface area contributed by atoms with Crippen molar-refractivity contribution in [2.45, 2.75) is 97.3 Å². The highest BCUT2D eigenvalue weighted by Gasteiger charge is 3.18. The fourth-order valence-electron chi connectivity index (χ4n) is 15.7. The Morgan fingerprint density at radius 2 is 0.857 bits per heavy atom. The van der Waals surface area contributed by atoms with Crippen LogP contribution in [0.2, 0.25) is 0 Å². The van der Waals surface area contributed by atoms with Gasteiger partial charge < -0.3 is 0 Å². The number of hydrogen-bond acceptors (Lipinski definition) is 0. The van der Waals surface area contributed by atoms with Crippen LogP contribution in [0.3, 0.4) is 0 Å². The van der Waals surface area contributed by atoms with Gasteiger partial charge in [-0.15, -0.1) is 0 Å². The van der Waals surface area contributed by atoms with Crippen LogP contribution in [0, 0.1) is 71.4 Å². The molecule has 0 bridgehead atoms.